The van der Waals surface area contributed by atoms with Crippen LogP contribution in [0.3, 0.4) is 0 Å². The maximum absolute atomic E-state index is 11.2. The fourth-order valence-corrected chi connectivity index (χ4v) is 3.58. The van der Waals surface area contributed by atoms with Crippen LogP contribution >= 0.6 is 0 Å². The summed E-state index contributed by atoms with van der Waals surface area (Å²) in [5.41, 5.74) is 0.465. The molecule has 0 bridgehead atoms. The van der Waals surface area contributed by atoms with Gasteiger partial charge in [-0.1, -0.05) is 19.1 Å². The van der Waals surface area contributed by atoms with Gasteiger partial charge in [0.2, 0.25) is 0 Å². The maximum atomic E-state index is 11.2. The van der Waals surface area contributed by atoms with E-state index in [9.17, 15) is 10.2 Å². The quantitative estimate of drug-likeness (QED) is 0.811. The molecule has 2 N–H and O–H groups in total. The van der Waals surface area contributed by atoms with Crippen LogP contribution in [0, 0.1) is 0 Å². The number of aromatic hydroxyl groups is 1. The lowest BCUT2D eigenvalue weighted by atomic mass is 9.76. The lowest BCUT2D eigenvalue weighted by Gasteiger charge is -2.44. The van der Waals surface area contributed by atoms with Gasteiger partial charge in [-0.3, -0.25) is 0 Å². The van der Waals surface area contributed by atoms with Gasteiger partial charge in [-0.2, -0.15) is 0 Å². The summed E-state index contributed by atoms with van der Waals surface area (Å²) in [7, 11) is 4.06. The molecule has 23 heavy (non-hydrogen) atoms. The van der Waals surface area contributed by atoms with Gasteiger partial charge in [0.25, 0.3) is 0 Å². The summed E-state index contributed by atoms with van der Waals surface area (Å²) in [4.78, 5) is 2.13. The maximum Gasteiger partial charge on any atom is 0.115 e. The van der Waals surface area contributed by atoms with Crippen LogP contribution in [0.4, 0.5) is 0 Å². The fraction of sp³-hybridized carbons (Fsp3) is 0.684. The van der Waals surface area contributed by atoms with E-state index in [1.54, 1.807) is 12.1 Å². The second kappa shape index (κ2) is 8.13. The smallest absolute Gasteiger partial charge is 0.115 e. The van der Waals surface area contributed by atoms with Gasteiger partial charge in [0.15, 0.2) is 0 Å². The van der Waals surface area contributed by atoms with Crippen molar-refractivity contribution >= 4 is 0 Å². The first-order chi connectivity index (χ1) is 10.9. The van der Waals surface area contributed by atoms with Crippen LogP contribution < -0.4 is 0 Å². The van der Waals surface area contributed by atoms with Crippen molar-refractivity contribution in [2.24, 2.45) is 0 Å². The lowest BCUT2D eigenvalue weighted by molar-refractivity contribution is -0.0937. The molecule has 0 radical (unpaired) electrons. The first-order valence-corrected chi connectivity index (χ1v) is 8.73. The van der Waals surface area contributed by atoms with Crippen molar-refractivity contribution in [3.63, 3.8) is 0 Å². The van der Waals surface area contributed by atoms with Crippen LogP contribution in [-0.4, -0.2) is 53.6 Å². The number of hydrogen-bond acceptors (Lipinski definition) is 4. The van der Waals surface area contributed by atoms with Crippen molar-refractivity contribution in [2.45, 2.75) is 63.2 Å². The van der Waals surface area contributed by atoms with Crippen molar-refractivity contribution in [2.75, 3.05) is 20.7 Å². The van der Waals surface area contributed by atoms with Gasteiger partial charge in [-0.15, -0.1) is 0 Å². The van der Waals surface area contributed by atoms with Crippen LogP contribution in [0.15, 0.2) is 24.3 Å². The van der Waals surface area contributed by atoms with E-state index < -0.39 is 5.60 Å². The molecule has 2 rings (SSSR count). The zero-order valence-electron chi connectivity index (χ0n) is 14.7. The second-order valence-electron chi connectivity index (χ2n) is 7.02. The molecule has 1 aliphatic carbocycles. The largest absolute Gasteiger partial charge is 0.508 e. The molecule has 130 valence electrons. The van der Waals surface area contributed by atoms with E-state index in [4.69, 9.17) is 4.74 Å². The van der Waals surface area contributed by atoms with Gasteiger partial charge in [-0.25, -0.2) is 0 Å². The Morgan fingerprint density at radius 1 is 1.22 bits per heavy atom. The molecule has 1 aliphatic rings. The van der Waals surface area contributed by atoms with Crippen LogP contribution in [0.25, 0.3) is 0 Å². The van der Waals surface area contributed by atoms with Crippen molar-refractivity contribution < 1.29 is 14.9 Å². The van der Waals surface area contributed by atoms with Crippen LogP contribution in [0.5, 0.6) is 5.75 Å². The van der Waals surface area contributed by atoms with Gasteiger partial charge >= 0.3 is 0 Å². The molecule has 1 fully saturated rings. The van der Waals surface area contributed by atoms with Crippen molar-refractivity contribution in [1.29, 1.82) is 0 Å². The highest BCUT2D eigenvalue weighted by atomic mass is 16.5. The zero-order valence-corrected chi connectivity index (χ0v) is 14.7. The number of rotatable bonds is 7. The third-order valence-electron chi connectivity index (χ3n) is 4.97. The number of phenols is 1. The molecule has 1 aromatic rings. The minimum absolute atomic E-state index is 0.0687. The van der Waals surface area contributed by atoms with Gasteiger partial charge < -0.3 is 19.8 Å². The number of likely N-dealkylation sites (N-methyl/N-ethyl adjacent to an activating group) is 1. The molecule has 1 aromatic carbocycles. The Balaban J connectivity index is 2.01. The Bertz CT molecular complexity index is 464. The Kier molecular flexibility index (Phi) is 6.45. The summed E-state index contributed by atoms with van der Waals surface area (Å²) in [6.07, 6.45) is 5.54. The Morgan fingerprint density at radius 3 is 2.35 bits per heavy atom. The summed E-state index contributed by atoms with van der Waals surface area (Å²) in [5.74, 6) is 0.280. The Hall–Kier alpha value is -1.10. The number of ether oxygens (including phenoxy) is 1. The van der Waals surface area contributed by atoms with Crippen molar-refractivity contribution in [3.8, 4) is 5.75 Å². The summed E-state index contributed by atoms with van der Waals surface area (Å²) in [6, 6.07) is 7.36. The first kappa shape index (κ1) is 18.2. The number of nitrogens with zero attached hydrogens (tertiary/aromatic N) is 1. The summed E-state index contributed by atoms with van der Waals surface area (Å²) in [6.45, 7) is 2.94. The molecule has 0 spiro atoms. The summed E-state index contributed by atoms with van der Waals surface area (Å²) < 4.78 is 5.84. The topological polar surface area (TPSA) is 52.9 Å². The van der Waals surface area contributed by atoms with Crippen molar-refractivity contribution in [3.05, 3.63) is 29.8 Å². The van der Waals surface area contributed by atoms with Crippen LogP contribution in [0.2, 0.25) is 0 Å². The summed E-state index contributed by atoms with van der Waals surface area (Å²) >= 11 is 0. The van der Waals surface area contributed by atoms with Gasteiger partial charge in [0.1, 0.15) is 5.75 Å². The average molecular weight is 321 g/mol. The third kappa shape index (κ3) is 4.93. The molecule has 0 heterocycles. The van der Waals surface area contributed by atoms with E-state index >= 15 is 0 Å². The van der Waals surface area contributed by atoms with Crippen LogP contribution in [-0.2, 0) is 11.2 Å². The van der Waals surface area contributed by atoms with Gasteiger partial charge in [0, 0.05) is 12.6 Å². The highest BCUT2D eigenvalue weighted by Gasteiger charge is 2.41. The molecule has 0 amide bonds. The molecule has 1 unspecified atom stereocenters. The molecular weight excluding hydrogens is 290 g/mol. The molecule has 4 nitrogen and oxygen atoms in total. The number of benzene rings is 1. The monoisotopic (exact) mass is 321 g/mol. The SMILES string of the molecule is CCCOC1CCC(O)(C(Cc2ccc(O)cc2)N(C)C)CC1. The standard InChI is InChI=1S/C19H31NO3/c1-4-13-23-17-9-11-19(22,12-10-17)18(20(2)3)14-15-5-7-16(21)8-6-15/h5-8,17-18,21-22H,4,9-14H2,1-3H3. The zero-order chi connectivity index (χ0) is 16.9. The fourth-order valence-electron chi connectivity index (χ4n) is 3.58. The average Bonchev–Trinajstić information content (AvgIpc) is 2.53. The highest BCUT2D eigenvalue weighted by molar-refractivity contribution is 5.27. The predicted octanol–water partition coefficient (Wildman–Crippen LogP) is 2.97. The van der Waals surface area contributed by atoms with Crippen LogP contribution in [0.1, 0.15) is 44.6 Å². The van der Waals surface area contributed by atoms with E-state index in [1.807, 2.05) is 26.2 Å². The first-order valence-electron chi connectivity index (χ1n) is 8.73. The molecule has 1 atom stereocenters. The van der Waals surface area contributed by atoms with Crippen molar-refractivity contribution in [1.82, 2.24) is 4.90 Å². The van der Waals surface area contributed by atoms with E-state index in [2.05, 4.69) is 11.8 Å². The number of aliphatic hydroxyl groups is 1. The molecule has 0 aromatic heterocycles. The van der Waals surface area contributed by atoms with Gasteiger partial charge in [0.05, 0.1) is 11.7 Å². The number of phenolic OH excluding ortho intramolecular Hbond substituents is 1. The summed E-state index contributed by atoms with van der Waals surface area (Å²) in [5, 5.41) is 20.6. The minimum Gasteiger partial charge on any atom is -0.508 e. The molecule has 4 heteroatoms. The number of hydrogen-bond donors (Lipinski definition) is 2. The van der Waals surface area contributed by atoms with E-state index in [-0.39, 0.29) is 11.8 Å². The van der Waals surface area contributed by atoms with E-state index in [0.717, 1.165) is 50.7 Å². The van der Waals surface area contributed by atoms with Gasteiger partial charge in [-0.05, 0) is 70.3 Å². The minimum atomic E-state index is -0.673. The normalized spacial score (nSPS) is 26.4. The highest BCUT2D eigenvalue weighted by Crippen LogP contribution is 2.35. The molecule has 0 saturated heterocycles. The Labute approximate surface area is 140 Å². The lowest BCUT2D eigenvalue weighted by Crippen LogP contribution is -2.54. The predicted molar refractivity (Wildman–Crippen MR) is 92.7 cm³/mol. The van der Waals surface area contributed by atoms with E-state index in [1.165, 1.54) is 0 Å². The Morgan fingerprint density at radius 2 is 1.83 bits per heavy atom. The second-order valence-corrected chi connectivity index (χ2v) is 7.02. The molecule has 1 saturated carbocycles. The third-order valence-corrected chi connectivity index (χ3v) is 4.97. The molecular formula is C19H31NO3. The van der Waals surface area contributed by atoms with E-state index in [0.29, 0.717) is 6.10 Å². The molecule has 0 aliphatic heterocycles.